The van der Waals surface area contributed by atoms with Gasteiger partial charge in [0, 0.05) is 11.6 Å². The molecule has 47 heavy (non-hydrogen) atoms. The molecule has 0 radical (unpaired) electrons. The first-order valence-corrected chi connectivity index (χ1v) is 15.3. The first-order chi connectivity index (χ1) is 22.9. The van der Waals surface area contributed by atoms with E-state index in [2.05, 4.69) is 5.32 Å². The molecule has 0 aromatic heterocycles. The van der Waals surface area contributed by atoms with Crippen LogP contribution in [0, 0.1) is 0 Å². The number of carbonyl (C=O) groups is 3. The van der Waals surface area contributed by atoms with Crippen LogP contribution < -0.4 is 33.9 Å². The monoisotopic (exact) mass is 636 g/mol. The van der Waals surface area contributed by atoms with Crippen LogP contribution in [0.15, 0.2) is 96.6 Å². The highest BCUT2D eigenvalue weighted by atomic mass is 16.5. The number of urea groups is 1. The fraction of sp³-hybridized carbons (Fsp3) is 0.216. The second-order valence-corrected chi connectivity index (χ2v) is 10.5. The zero-order chi connectivity index (χ0) is 33.2. The third-order valence-electron chi connectivity index (χ3n) is 7.13. The Morgan fingerprint density at radius 1 is 0.681 bits per heavy atom. The van der Waals surface area contributed by atoms with Gasteiger partial charge in [0.2, 0.25) is 0 Å². The molecular weight excluding hydrogens is 600 g/mol. The van der Waals surface area contributed by atoms with Crippen LogP contribution in [0.25, 0.3) is 6.08 Å². The van der Waals surface area contributed by atoms with Crippen LogP contribution >= 0.6 is 0 Å². The predicted molar refractivity (Wildman–Crippen MR) is 177 cm³/mol. The second-order valence-electron chi connectivity index (χ2n) is 10.5. The topological polar surface area (TPSA) is 113 Å². The molecule has 0 saturated carbocycles. The Hall–Kier alpha value is -5.77. The van der Waals surface area contributed by atoms with E-state index < -0.39 is 17.8 Å². The van der Waals surface area contributed by atoms with Gasteiger partial charge in [-0.3, -0.25) is 14.9 Å². The van der Waals surface area contributed by atoms with E-state index in [1.54, 1.807) is 49.6 Å². The molecule has 1 N–H and O–H groups in total. The molecule has 1 heterocycles. The summed E-state index contributed by atoms with van der Waals surface area (Å²) in [5.41, 5.74) is 2.33. The number of amides is 4. The smallest absolute Gasteiger partial charge is 0.335 e. The van der Waals surface area contributed by atoms with Gasteiger partial charge in [-0.15, -0.1) is 0 Å². The molecule has 1 aliphatic rings. The standard InChI is InChI=1S/C37H36N2O8/c1-4-19-45-32-18-16-28(22-34(32)44-5-2)39-36(41)29(35(40)38-37(39)42)21-27-13-9-10-14-30(27)46-24-26-15-17-31(33(20-26)43-3)47-23-25-11-7-6-8-12-25/h6-18,20-22H,4-5,19,23-24H2,1-3H3,(H,38,40,42)/b29-21+. The van der Waals surface area contributed by atoms with Crippen molar-refractivity contribution in [3.05, 3.63) is 113 Å². The summed E-state index contributed by atoms with van der Waals surface area (Å²) in [6, 6.07) is 26.3. The van der Waals surface area contributed by atoms with Crippen molar-refractivity contribution in [2.75, 3.05) is 25.2 Å². The molecule has 5 rings (SSSR count). The SMILES string of the molecule is CCCOc1ccc(N2C(=O)NC(=O)/C(=C\c3ccccc3OCc3ccc(OCc4ccccc4)c(OC)c3)C2=O)cc1OCC. The van der Waals surface area contributed by atoms with E-state index in [0.717, 1.165) is 22.4 Å². The van der Waals surface area contributed by atoms with Crippen LogP contribution in [0.2, 0.25) is 0 Å². The number of rotatable bonds is 14. The van der Waals surface area contributed by atoms with Crippen LogP contribution in [0.5, 0.6) is 28.7 Å². The average molecular weight is 637 g/mol. The molecule has 0 aliphatic carbocycles. The van der Waals surface area contributed by atoms with Gasteiger partial charge < -0.3 is 23.7 Å². The van der Waals surface area contributed by atoms with Gasteiger partial charge in [0.05, 0.1) is 26.0 Å². The second kappa shape index (κ2) is 15.5. The third-order valence-corrected chi connectivity index (χ3v) is 7.13. The molecule has 10 heteroatoms. The van der Waals surface area contributed by atoms with Gasteiger partial charge in [0.25, 0.3) is 11.8 Å². The van der Waals surface area contributed by atoms with E-state index in [1.807, 2.05) is 62.4 Å². The van der Waals surface area contributed by atoms with Gasteiger partial charge in [0.15, 0.2) is 23.0 Å². The molecule has 4 aromatic carbocycles. The Balaban J connectivity index is 1.34. The summed E-state index contributed by atoms with van der Waals surface area (Å²) in [7, 11) is 1.57. The number of carbonyl (C=O) groups excluding carboxylic acids is 3. The summed E-state index contributed by atoms with van der Waals surface area (Å²) in [6.45, 7) is 5.21. The Labute approximate surface area is 273 Å². The molecule has 0 spiro atoms. The number of hydrogen-bond donors (Lipinski definition) is 1. The van der Waals surface area contributed by atoms with Gasteiger partial charge in [-0.2, -0.15) is 0 Å². The first kappa shape index (κ1) is 32.6. The van der Waals surface area contributed by atoms with Crippen molar-refractivity contribution in [1.29, 1.82) is 0 Å². The van der Waals surface area contributed by atoms with Crippen LogP contribution in [-0.2, 0) is 22.8 Å². The van der Waals surface area contributed by atoms with Crippen LogP contribution in [0.3, 0.4) is 0 Å². The maximum absolute atomic E-state index is 13.7. The van der Waals surface area contributed by atoms with Crippen molar-refractivity contribution < 1.29 is 38.1 Å². The lowest BCUT2D eigenvalue weighted by Gasteiger charge is -2.27. The summed E-state index contributed by atoms with van der Waals surface area (Å²) in [6.07, 6.45) is 2.21. The minimum atomic E-state index is -0.864. The molecule has 242 valence electrons. The van der Waals surface area contributed by atoms with Gasteiger partial charge in [0.1, 0.15) is 24.5 Å². The zero-order valence-corrected chi connectivity index (χ0v) is 26.5. The fourth-order valence-electron chi connectivity index (χ4n) is 4.83. The number of barbiturate groups is 1. The maximum atomic E-state index is 13.7. The van der Waals surface area contributed by atoms with E-state index >= 15 is 0 Å². The average Bonchev–Trinajstić information content (AvgIpc) is 3.09. The highest BCUT2D eigenvalue weighted by Crippen LogP contribution is 2.34. The molecule has 0 atom stereocenters. The highest BCUT2D eigenvalue weighted by molar-refractivity contribution is 6.39. The molecular formula is C37H36N2O8. The molecule has 4 amide bonds. The number of anilines is 1. The van der Waals surface area contributed by atoms with Crippen molar-refractivity contribution in [2.45, 2.75) is 33.5 Å². The number of nitrogens with one attached hydrogen (secondary N) is 1. The Morgan fingerprint density at radius 2 is 1.38 bits per heavy atom. The summed E-state index contributed by atoms with van der Waals surface area (Å²) in [5, 5.41) is 2.27. The molecule has 10 nitrogen and oxygen atoms in total. The number of para-hydroxylation sites is 1. The summed E-state index contributed by atoms with van der Waals surface area (Å²) < 4.78 is 29.1. The third kappa shape index (κ3) is 7.91. The minimum Gasteiger partial charge on any atom is -0.493 e. The van der Waals surface area contributed by atoms with Gasteiger partial charge >= 0.3 is 6.03 Å². The van der Waals surface area contributed by atoms with E-state index in [9.17, 15) is 14.4 Å². The van der Waals surface area contributed by atoms with Crippen LogP contribution in [0.1, 0.15) is 37.0 Å². The highest BCUT2D eigenvalue weighted by Gasteiger charge is 2.37. The molecule has 0 unspecified atom stereocenters. The first-order valence-electron chi connectivity index (χ1n) is 15.3. The Bertz CT molecular complexity index is 1770. The molecule has 4 aromatic rings. The maximum Gasteiger partial charge on any atom is 0.335 e. The van der Waals surface area contributed by atoms with Crippen molar-refractivity contribution >= 4 is 29.6 Å². The normalized spacial score (nSPS) is 13.7. The van der Waals surface area contributed by atoms with Gasteiger partial charge in [-0.05, 0) is 60.9 Å². The number of benzene rings is 4. The molecule has 0 bridgehead atoms. The predicted octanol–water partition coefficient (Wildman–Crippen LogP) is 6.71. The largest absolute Gasteiger partial charge is 0.493 e. The quantitative estimate of drug-likeness (QED) is 0.120. The van der Waals surface area contributed by atoms with Crippen LogP contribution in [-0.4, -0.2) is 38.2 Å². The molecule has 1 fully saturated rings. The fourth-order valence-corrected chi connectivity index (χ4v) is 4.83. The van der Waals surface area contributed by atoms with E-state index in [1.165, 1.54) is 6.08 Å². The number of ether oxygens (including phenoxy) is 5. The number of hydrogen-bond acceptors (Lipinski definition) is 8. The lowest BCUT2D eigenvalue weighted by Crippen LogP contribution is -2.54. The number of methoxy groups -OCH3 is 1. The van der Waals surface area contributed by atoms with Crippen LogP contribution in [0.4, 0.5) is 10.5 Å². The van der Waals surface area contributed by atoms with Crippen molar-refractivity contribution in [2.24, 2.45) is 0 Å². The van der Waals surface area contributed by atoms with Crippen molar-refractivity contribution in [3.63, 3.8) is 0 Å². The zero-order valence-electron chi connectivity index (χ0n) is 26.5. The lowest BCUT2D eigenvalue weighted by molar-refractivity contribution is -0.122. The van der Waals surface area contributed by atoms with Gasteiger partial charge in [-0.1, -0.05) is 61.5 Å². The summed E-state index contributed by atoms with van der Waals surface area (Å²) in [4.78, 5) is 40.4. The number of nitrogens with zero attached hydrogens (tertiary/aromatic N) is 1. The van der Waals surface area contributed by atoms with Gasteiger partial charge in [-0.25, -0.2) is 9.69 Å². The minimum absolute atomic E-state index is 0.174. The van der Waals surface area contributed by atoms with E-state index in [4.69, 9.17) is 23.7 Å². The van der Waals surface area contributed by atoms with Crippen molar-refractivity contribution in [1.82, 2.24) is 5.32 Å². The Kier molecular flexibility index (Phi) is 10.7. The Morgan fingerprint density at radius 3 is 2.15 bits per heavy atom. The summed E-state index contributed by atoms with van der Waals surface area (Å²) >= 11 is 0. The molecule has 1 saturated heterocycles. The van der Waals surface area contributed by atoms with E-state index in [-0.39, 0.29) is 17.9 Å². The number of imide groups is 2. The molecule has 1 aliphatic heterocycles. The lowest BCUT2D eigenvalue weighted by atomic mass is 10.1. The summed E-state index contributed by atoms with van der Waals surface area (Å²) in [5.74, 6) is 0.874. The van der Waals surface area contributed by atoms with Crippen molar-refractivity contribution in [3.8, 4) is 28.7 Å². The van der Waals surface area contributed by atoms with E-state index in [0.29, 0.717) is 54.1 Å².